The van der Waals surface area contributed by atoms with Crippen LogP contribution in [-0.4, -0.2) is 23.3 Å². The maximum absolute atomic E-state index is 11.4. The number of esters is 1. The third-order valence-corrected chi connectivity index (χ3v) is 3.10. The summed E-state index contributed by atoms with van der Waals surface area (Å²) in [5.74, 6) is 0.175. The standard InChI is InChI=1S/C15H19N3O2/c1-15(2,3)12-11(13(16)18-17-12)9-5-7-10(8-6-9)14(19)20-4/h5-8H,1-4H3,(H3,16,17,18). The normalized spacial score (nSPS) is 11.4. The number of ether oxygens (including phenoxy) is 1. The SMILES string of the molecule is COC(=O)c1ccc(-c2c(C(C)(C)C)n[nH]c2N)cc1. The number of nitrogens with one attached hydrogen (secondary N) is 1. The van der Waals surface area contributed by atoms with Gasteiger partial charge in [-0.15, -0.1) is 0 Å². The van der Waals surface area contributed by atoms with Crippen LogP contribution in [0.15, 0.2) is 24.3 Å². The van der Waals surface area contributed by atoms with Crippen molar-refractivity contribution in [2.24, 2.45) is 0 Å². The van der Waals surface area contributed by atoms with Crippen molar-refractivity contribution in [3.63, 3.8) is 0 Å². The van der Waals surface area contributed by atoms with Crippen LogP contribution < -0.4 is 5.73 Å². The van der Waals surface area contributed by atoms with E-state index in [-0.39, 0.29) is 11.4 Å². The van der Waals surface area contributed by atoms with Gasteiger partial charge in [0.1, 0.15) is 5.82 Å². The van der Waals surface area contributed by atoms with E-state index in [1.807, 2.05) is 12.1 Å². The molecule has 0 saturated carbocycles. The van der Waals surface area contributed by atoms with Crippen LogP contribution in [0, 0.1) is 0 Å². The molecule has 0 spiro atoms. The first-order valence-corrected chi connectivity index (χ1v) is 6.37. The number of carbonyl (C=O) groups is 1. The number of benzene rings is 1. The van der Waals surface area contributed by atoms with Gasteiger partial charge in [0.15, 0.2) is 0 Å². The summed E-state index contributed by atoms with van der Waals surface area (Å²) >= 11 is 0. The number of nitrogen functional groups attached to an aromatic ring is 1. The largest absolute Gasteiger partial charge is 0.465 e. The number of anilines is 1. The van der Waals surface area contributed by atoms with Crippen LogP contribution in [0.3, 0.4) is 0 Å². The molecule has 5 heteroatoms. The Kier molecular flexibility index (Phi) is 3.53. The zero-order chi connectivity index (χ0) is 14.9. The van der Waals surface area contributed by atoms with Gasteiger partial charge in [0.2, 0.25) is 0 Å². The summed E-state index contributed by atoms with van der Waals surface area (Å²) < 4.78 is 4.69. The maximum atomic E-state index is 11.4. The average molecular weight is 273 g/mol. The number of nitrogens with zero attached hydrogens (tertiary/aromatic N) is 1. The van der Waals surface area contributed by atoms with Crippen LogP contribution in [-0.2, 0) is 10.2 Å². The minimum Gasteiger partial charge on any atom is -0.465 e. The highest BCUT2D eigenvalue weighted by atomic mass is 16.5. The van der Waals surface area contributed by atoms with E-state index in [0.29, 0.717) is 11.4 Å². The second kappa shape index (κ2) is 5.00. The van der Waals surface area contributed by atoms with Crippen molar-refractivity contribution in [3.8, 4) is 11.1 Å². The Morgan fingerprint density at radius 2 is 1.85 bits per heavy atom. The monoisotopic (exact) mass is 273 g/mol. The molecule has 0 bridgehead atoms. The topological polar surface area (TPSA) is 81.0 Å². The van der Waals surface area contributed by atoms with Crippen LogP contribution >= 0.6 is 0 Å². The van der Waals surface area contributed by atoms with Gasteiger partial charge < -0.3 is 10.5 Å². The van der Waals surface area contributed by atoms with E-state index in [2.05, 4.69) is 35.7 Å². The first-order valence-electron chi connectivity index (χ1n) is 6.37. The molecule has 2 aromatic rings. The highest BCUT2D eigenvalue weighted by Crippen LogP contribution is 2.35. The lowest BCUT2D eigenvalue weighted by Gasteiger charge is -2.17. The lowest BCUT2D eigenvalue weighted by molar-refractivity contribution is 0.0601. The number of hydrogen-bond acceptors (Lipinski definition) is 4. The Morgan fingerprint density at radius 3 is 2.35 bits per heavy atom. The van der Waals surface area contributed by atoms with E-state index in [0.717, 1.165) is 16.8 Å². The Labute approximate surface area is 118 Å². The molecule has 1 aromatic carbocycles. The van der Waals surface area contributed by atoms with Crippen molar-refractivity contribution >= 4 is 11.8 Å². The van der Waals surface area contributed by atoms with E-state index in [4.69, 9.17) is 5.73 Å². The van der Waals surface area contributed by atoms with Crippen LogP contribution in [0.5, 0.6) is 0 Å². The quantitative estimate of drug-likeness (QED) is 0.824. The zero-order valence-corrected chi connectivity index (χ0v) is 12.2. The molecule has 1 heterocycles. The summed E-state index contributed by atoms with van der Waals surface area (Å²) in [6.07, 6.45) is 0. The van der Waals surface area contributed by atoms with Gasteiger partial charge in [0, 0.05) is 11.0 Å². The van der Waals surface area contributed by atoms with Crippen LogP contribution in [0.4, 0.5) is 5.82 Å². The van der Waals surface area contributed by atoms with Gasteiger partial charge in [0.05, 0.1) is 18.4 Å². The molecule has 0 aliphatic heterocycles. The second-order valence-corrected chi connectivity index (χ2v) is 5.68. The van der Waals surface area contributed by atoms with Gasteiger partial charge in [0.25, 0.3) is 0 Å². The van der Waals surface area contributed by atoms with Crippen molar-refractivity contribution in [2.45, 2.75) is 26.2 Å². The van der Waals surface area contributed by atoms with E-state index in [1.54, 1.807) is 12.1 Å². The van der Waals surface area contributed by atoms with E-state index in [9.17, 15) is 4.79 Å². The lowest BCUT2D eigenvalue weighted by atomic mass is 9.87. The minimum atomic E-state index is -0.354. The minimum absolute atomic E-state index is 0.121. The summed E-state index contributed by atoms with van der Waals surface area (Å²) in [6, 6.07) is 7.14. The fraction of sp³-hybridized carbons (Fsp3) is 0.333. The predicted molar refractivity (Wildman–Crippen MR) is 78.5 cm³/mol. The summed E-state index contributed by atoms with van der Waals surface area (Å²) in [7, 11) is 1.36. The Morgan fingerprint density at radius 1 is 1.25 bits per heavy atom. The summed E-state index contributed by atoms with van der Waals surface area (Å²) in [4.78, 5) is 11.4. The molecule has 5 nitrogen and oxygen atoms in total. The molecule has 1 aromatic heterocycles. The number of rotatable bonds is 2. The van der Waals surface area contributed by atoms with Crippen LogP contribution in [0.1, 0.15) is 36.8 Å². The number of H-pyrrole nitrogens is 1. The molecule has 106 valence electrons. The lowest BCUT2D eigenvalue weighted by Crippen LogP contribution is -2.13. The van der Waals surface area contributed by atoms with Gasteiger partial charge in [-0.25, -0.2) is 4.79 Å². The van der Waals surface area contributed by atoms with Crippen LogP contribution in [0.2, 0.25) is 0 Å². The van der Waals surface area contributed by atoms with Crippen molar-refractivity contribution in [1.29, 1.82) is 0 Å². The van der Waals surface area contributed by atoms with Gasteiger partial charge in [-0.2, -0.15) is 5.10 Å². The molecule has 0 unspecified atom stereocenters. The van der Waals surface area contributed by atoms with Gasteiger partial charge in [-0.05, 0) is 17.7 Å². The summed E-state index contributed by atoms with van der Waals surface area (Å²) in [5.41, 5.74) is 9.09. The second-order valence-electron chi connectivity index (χ2n) is 5.68. The Balaban J connectivity index is 2.47. The first-order chi connectivity index (χ1) is 9.34. The molecule has 0 fully saturated rings. The molecule has 0 radical (unpaired) electrons. The average Bonchev–Trinajstić information content (AvgIpc) is 2.80. The third-order valence-electron chi connectivity index (χ3n) is 3.10. The van der Waals surface area contributed by atoms with Crippen molar-refractivity contribution in [1.82, 2.24) is 10.2 Å². The molecule has 3 N–H and O–H groups in total. The number of aromatic nitrogens is 2. The summed E-state index contributed by atoms with van der Waals surface area (Å²) in [5, 5.41) is 7.12. The number of nitrogens with two attached hydrogens (primary N) is 1. The number of aromatic amines is 1. The molecule has 0 amide bonds. The third kappa shape index (κ3) is 2.52. The smallest absolute Gasteiger partial charge is 0.337 e. The summed E-state index contributed by atoms with van der Waals surface area (Å²) in [6.45, 7) is 6.23. The maximum Gasteiger partial charge on any atom is 0.337 e. The zero-order valence-electron chi connectivity index (χ0n) is 12.2. The molecule has 20 heavy (non-hydrogen) atoms. The van der Waals surface area contributed by atoms with Crippen molar-refractivity contribution in [2.75, 3.05) is 12.8 Å². The first kappa shape index (κ1) is 14.1. The van der Waals surface area contributed by atoms with Crippen molar-refractivity contribution in [3.05, 3.63) is 35.5 Å². The van der Waals surface area contributed by atoms with E-state index in [1.165, 1.54) is 7.11 Å². The predicted octanol–water partition coefficient (Wildman–Crippen LogP) is 2.74. The molecule has 0 saturated heterocycles. The Hall–Kier alpha value is -2.30. The Bertz CT molecular complexity index is 622. The van der Waals surface area contributed by atoms with E-state index >= 15 is 0 Å². The van der Waals surface area contributed by atoms with Crippen molar-refractivity contribution < 1.29 is 9.53 Å². The van der Waals surface area contributed by atoms with E-state index < -0.39 is 0 Å². The molecular weight excluding hydrogens is 254 g/mol. The van der Waals surface area contributed by atoms with Crippen LogP contribution in [0.25, 0.3) is 11.1 Å². The number of hydrogen-bond donors (Lipinski definition) is 2. The molecule has 0 aliphatic rings. The fourth-order valence-electron chi connectivity index (χ4n) is 2.08. The number of carbonyl (C=O) groups excluding carboxylic acids is 1. The molecule has 0 aliphatic carbocycles. The van der Waals surface area contributed by atoms with Gasteiger partial charge in [-0.3, -0.25) is 5.10 Å². The molecular formula is C15H19N3O2. The number of methoxy groups -OCH3 is 1. The molecule has 2 rings (SSSR count). The highest BCUT2D eigenvalue weighted by Gasteiger charge is 2.24. The van der Waals surface area contributed by atoms with Gasteiger partial charge >= 0.3 is 5.97 Å². The molecule has 0 atom stereocenters. The van der Waals surface area contributed by atoms with Gasteiger partial charge in [-0.1, -0.05) is 32.9 Å². The highest BCUT2D eigenvalue weighted by molar-refractivity contribution is 5.90. The fourth-order valence-corrected chi connectivity index (χ4v) is 2.08.